The largest absolute Gasteiger partial charge is 0.208 e. The van der Waals surface area contributed by atoms with E-state index in [-0.39, 0.29) is 0 Å². The molecule has 2 heterocycles. The highest BCUT2D eigenvalue weighted by Gasteiger charge is 2.18. The van der Waals surface area contributed by atoms with Crippen LogP contribution in [0, 0.1) is 0 Å². The first-order valence-electron chi connectivity index (χ1n) is 14.4. The molecule has 0 bridgehead atoms. The van der Waals surface area contributed by atoms with E-state index in [1.165, 1.54) is 36.3 Å². The summed E-state index contributed by atoms with van der Waals surface area (Å²) in [5.74, 6) is 2.02. The molecule has 0 saturated carbocycles. The molecular weight excluding hydrogens is 543 g/mol. The molecule has 0 fully saturated rings. The fourth-order valence-corrected chi connectivity index (χ4v) is 7.41. The number of fused-ring (bicyclic) bond motifs is 7. The van der Waals surface area contributed by atoms with Gasteiger partial charge in [-0.1, -0.05) is 115 Å². The second kappa shape index (κ2) is 9.55. The summed E-state index contributed by atoms with van der Waals surface area (Å²) in [6, 6.07) is 49.2. The summed E-state index contributed by atoms with van der Waals surface area (Å²) >= 11 is 1.81. The molecular formula is C39H23N3S. The van der Waals surface area contributed by atoms with Gasteiger partial charge >= 0.3 is 0 Å². The Hall–Kier alpha value is -5.45. The zero-order chi connectivity index (χ0) is 28.3. The lowest BCUT2D eigenvalue weighted by Crippen LogP contribution is -2.01. The van der Waals surface area contributed by atoms with E-state index < -0.39 is 0 Å². The quantitative estimate of drug-likeness (QED) is 0.200. The molecule has 0 N–H and O–H groups in total. The molecule has 9 rings (SSSR count). The highest BCUT2D eigenvalue weighted by atomic mass is 32.1. The first-order chi connectivity index (χ1) is 21.3. The lowest BCUT2D eigenvalue weighted by Gasteiger charge is -2.13. The highest BCUT2D eigenvalue weighted by Crippen LogP contribution is 2.40. The zero-order valence-electron chi connectivity index (χ0n) is 23.0. The topological polar surface area (TPSA) is 38.7 Å². The van der Waals surface area contributed by atoms with Crippen molar-refractivity contribution in [2.24, 2.45) is 0 Å². The van der Waals surface area contributed by atoms with Gasteiger partial charge in [0.2, 0.25) is 0 Å². The molecule has 0 atom stereocenters. The fraction of sp³-hybridized carbons (Fsp3) is 0. The van der Waals surface area contributed by atoms with Crippen molar-refractivity contribution in [2.45, 2.75) is 0 Å². The van der Waals surface area contributed by atoms with Crippen molar-refractivity contribution in [3.63, 3.8) is 0 Å². The molecule has 3 nitrogen and oxygen atoms in total. The van der Waals surface area contributed by atoms with Gasteiger partial charge in [-0.25, -0.2) is 15.0 Å². The molecule has 9 aromatic rings. The van der Waals surface area contributed by atoms with Crippen LogP contribution < -0.4 is 0 Å². The number of nitrogens with zero attached hydrogens (tertiary/aromatic N) is 3. The van der Waals surface area contributed by atoms with Crippen LogP contribution in [-0.4, -0.2) is 15.0 Å². The van der Waals surface area contributed by atoms with E-state index >= 15 is 0 Å². The molecule has 0 amide bonds. The van der Waals surface area contributed by atoms with Crippen LogP contribution in [0.5, 0.6) is 0 Å². The minimum absolute atomic E-state index is 0.666. The Balaban J connectivity index is 1.37. The molecule has 0 aliphatic rings. The van der Waals surface area contributed by atoms with E-state index in [0.717, 1.165) is 32.8 Å². The van der Waals surface area contributed by atoms with Gasteiger partial charge < -0.3 is 0 Å². The van der Waals surface area contributed by atoms with Crippen LogP contribution in [0.4, 0.5) is 0 Å². The van der Waals surface area contributed by atoms with Crippen molar-refractivity contribution in [1.82, 2.24) is 15.0 Å². The Kier molecular flexibility index (Phi) is 5.37. The molecule has 0 aliphatic carbocycles. The van der Waals surface area contributed by atoms with Gasteiger partial charge in [0.1, 0.15) is 0 Å². The second-order valence-electron chi connectivity index (χ2n) is 10.8. The van der Waals surface area contributed by atoms with Gasteiger partial charge in [0, 0.05) is 36.9 Å². The van der Waals surface area contributed by atoms with Crippen molar-refractivity contribution in [3.05, 3.63) is 140 Å². The Bertz CT molecular complexity index is 2530. The maximum Gasteiger partial charge on any atom is 0.164 e. The van der Waals surface area contributed by atoms with Gasteiger partial charge in [-0.3, -0.25) is 0 Å². The Morgan fingerprint density at radius 3 is 1.86 bits per heavy atom. The molecule has 200 valence electrons. The standard InChI is InChI=1S/C39H23N3S/c1-2-11-25-22-27(21-20-24(25)10-1)37-40-38(32-17-9-19-35-36(32)31-16-7-8-18-34(31)43-35)42-39(41-37)33-23-26-12-3-4-13-28(26)29-14-5-6-15-30(29)33/h1-23H. The van der Waals surface area contributed by atoms with E-state index in [2.05, 4.69) is 140 Å². The van der Waals surface area contributed by atoms with Crippen molar-refractivity contribution >= 4 is 63.8 Å². The van der Waals surface area contributed by atoms with E-state index in [1.54, 1.807) is 11.3 Å². The van der Waals surface area contributed by atoms with Crippen LogP contribution in [0.25, 0.3) is 86.7 Å². The maximum atomic E-state index is 5.24. The molecule has 0 aliphatic heterocycles. The van der Waals surface area contributed by atoms with Crippen LogP contribution in [0.3, 0.4) is 0 Å². The van der Waals surface area contributed by atoms with Crippen LogP contribution in [-0.2, 0) is 0 Å². The first-order valence-corrected chi connectivity index (χ1v) is 15.2. The Labute approximate surface area is 251 Å². The molecule has 43 heavy (non-hydrogen) atoms. The number of hydrogen-bond acceptors (Lipinski definition) is 4. The summed E-state index contributed by atoms with van der Waals surface area (Å²) in [6.07, 6.45) is 0. The van der Waals surface area contributed by atoms with Gasteiger partial charge in [0.25, 0.3) is 0 Å². The summed E-state index contributed by atoms with van der Waals surface area (Å²) in [6.45, 7) is 0. The molecule has 4 heteroatoms. The summed E-state index contributed by atoms with van der Waals surface area (Å²) in [5, 5.41) is 9.47. The molecule has 7 aromatic carbocycles. The molecule has 0 saturated heterocycles. The number of aromatic nitrogens is 3. The summed E-state index contributed by atoms with van der Waals surface area (Å²) in [5.41, 5.74) is 2.99. The first kappa shape index (κ1) is 24.2. The van der Waals surface area contributed by atoms with Crippen LogP contribution in [0.1, 0.15) is 0 Å². The summed E-state index contributed by atoms with van der Waals surface area (Å²) < 4.78 is 2.48. The van der Waals surface area contributed by atoms with Crippen molar-refractivity contribution in [1.29, 1.82) is 0 Å². The normalized spacial score (nSPS) is 11.7. The average Bonchev–Trinajstić information content (AvgIpc) is 3.46. The van der Waals surface area contributed by atoms with E-state index in [4.69, 9.17) is 15.0 Å². The number of benzene rings is 7. The van der Waals surface area contributed by atoms with Crippen molar-refractivity contribution in [2.75, 3.05) is 0 Å². The van der Waals surface area contributed by atoms with Crippen molar-refractivity contribution in [3.8, 4) is 34.2 Å². The van der Waals surface area contributed by atoms with Gasteiger partial charge in [-0.15, -0.1) is 11.3 Å². The second-order valence-corrected chi connectivity index (χ2v) is 11.9. The minimum atomic E-state index is 0.666. The lowest BCUT2D eigenvalue weighted by molar-refractivity contribution is 1.08. The smallest absolute Gasteiger partial charge is 0.164 e. The predicted molar refractivity (Wildman–Crippen MR) is 182 cm³/mol. The number of rotatable bonds is 3. The van der Waals surface area contributed by atoms with Crippen LogP contribution in [0.15, 0.2) is 140 Å². The van der Waals surface area contributed by atoms with Gasteiger partial charge in [-0.2, -0.15) is 0 Å². The monoisotopic (exact) mass is 565 g/mol. The third kappa shape index (κ3) is 3.92. The third-order valence-corrected chi connectivity index (χ3v) is 9.43. The Morgan fingerprint density at radius 2 is 1.00 bits per heavy atom. The summed E-state index contributed by atoms with van der Waals surface area (Å²) in [7, 11) is 0. The predicted octanol–water partition coefficient (Wildman–Crippen LogP) is 10.7. The highest BCUT2D eigenvalue weighted by molar-refractivity contribution is 7.25. The van der Waals surface area contributed by atoms with Gasteiger partial charge in [0.15, 0.2) is 17.5 Å². The lowest BCUT2D eigenvalue weighted by atomic mass is 9.96. The summed E-state index contributed by atoms with van der Waals surface area (Å²) in [4.78, 5) is 15.6. The van der Waals surface area contributed by atoms with Crippen LogP contribution >= 0.6 is 11.3 Å². The van der Waals surface area contributed by atoms with E-state index in [1.807, 2.05) is 0 Å². The minimum Gasteiger partial charge on any atom is -0.208 e. The van der Waals surface area contributed by atoms with E-state index in [0.29, 0.717) is 17.5 Å². The third-order valence-electron chi connectivity index (χ3n) is 8.30. The van der Waals surface area contributed by atoms with Crippen molar-refractivity contribution < 1.29 is 0 Å². The van der Waals surface area contributed by atoms with Gasteiger partial charge in [-0.05, 0) is 56.6 Å². The average molecular weight is 566 g/mol. The Morgan fingerprint density at radius 1 is 0.372 bits per heavy atom. The van der Waals surface area contributed by atoms with Gasteiger partial charge in [0.05, 0.1) is 0 Å². The maximum absolute atomic E-state index is 5.24. The molecule has 0 radical (unpaired) electrons. The molecule has 0 spiro atoms. The fourth-order valence-electron chi connectivity index (χ4n) is 6.27. The number of thiophene rings is 1. The number of hydrogen-bond donors (Lipinski definition) is 0. The SMILES string of the molecule is c1ccc2cc(-c3nc(-c4cc5ccccc5c5ccccc45)nc(-c4cccc5sc6ccccc6c45)n3)ccc2c1. The molecule has 0 unspecified atom stereocenters. The van der Waals surface area contributed by atoms with E-state index in [9.17, 15) is 0 Å². The zero-order valence-corrected chi connectivity index (χ0v) is 23.8. The van der Waals surface area contributed by atoms with Crippen LogP contribution in [0.2, 0.25) is 0 Å². The molecule has 2 aromatic heterocycles.